The van der Waals surface area contributed by atoms with Gasteiger partial charge in [-0.15, -0.1) is 0 Å². The molecule has 3 rings (SSSR count). The van der Waals surface area contributed by atoms with Crippen molar-refractivity contribution in [2.45, 2.75) is 64.5 Å². The third-order valence-corrected chi connectivity index (χ3v) is 5.74. The predicted molar refractivity (Wildman–Crippen MR) is 103 cm³/mol. The molecule has 5 nitrogen and oxygen atoms in total. The maximum Gasteiger partial charge on any atom is 0.410 e. The topological polar surface area (TPSA) is 45.7 Å². The van der Waals surface area contributed by atoms with Crippen molar-refractivity contribution in [1.82, 2.24) is 14.8 Å². The Morgan fingerprint density at radius 1 is 1.27 bits per heavy atom. The monoisotopic (exact) mass is 359 g/mol. The SMILES string of the molecule is CCOC(=O)N(Cc1cccnc1)CC1CCCN(C2CCCCC2)C1. The highest BCUT2D eigenvalue weighted by molar-refractivity contribution is 5.67. The number of hydrogen-bond acceptors (Lipinski definition) is 4. The zero-order valence-electron chi connectivity index (χ0n) is 16.1. The molecular formula is C21H33N3O2. The highest BCUT2D eigenvalue weighted by atomic mass is 16.6. The Balaban J connectivity index is 1.60. The third kappa shape index (κ3) is 5.44. The summed E-state index contributed by atoms with van der Waals surface area (Å²) in [5, 5.41) is 0. The number of nitrogens with zero attached hydrogens (tertiary/aromatic N) is 3. The Morgan fingerprint density at radius 2 is 2.12 bits per heavy atom. The van der Waals surface area contributed by atoms with Gasteiger partial charge in [0.15, 0.2) is 0 Å². The smallest absolute Gasteiger partial charge is 0.410 e. The summed E-state index contributed by atoms with van der Waals surface area (Å²) in [5.41, 5.74) is 1.06. The minimum atomic E-state index is -0.203. The van der Waals surface area contributed by atoms with E-state index in [2.05, 4.69) is 9.88 Å². The van der Waals surface area contributed by atoms with Gasteiger partial charge in [0.1, 0.15) is 0 Å². The predicted octanol–water partition coefficient (Wildman–Crippen LogP) is 4.08. The number of amides is 1. The second-order valence-corrected chi connectivity index (χ2v) is 7.74. The van der Waals surface area contributed by atoms with Crippen LogP contribution in [-0.2, 0) is 11.3 Å². The summed E-state index contributed by atoms with van der Waals surface area (Å²) in [6, 6.07) is 4.71. The van der Waals surface area contributed by atoms with E-state index in [1.54, 1.807) is 6.20 Å². The van der Waals surface area contributed by atoms with Crippen LogP contribution in [0.4, 0.5) is 4.79 Å². The second kappa shape index (κ2) is 9.91. The van der Waals surface area contributed by atoms with Crippen LogP contribution < -0.4 is 0 Å². The molecule has 26 heavy (non-hydrogen) atoms. The summed E-state index contributed by atoms with van der Waals surface area (Å²) in [7, 11) is 0. The fraction of sp³-hybridized carbons (Fsp3) is 0.714. The molecule has 1 aromatic rings. The standard InChI is InChI=1S/C21H33N3O2/c1-2-26-21(25)24(15-18-8-6-12-22-14-18)17-19-9-7-13-23(16-19)20-10-4-3-5-11-20/h6,8,12,14,19-20H,2-5,7,9-11,13,15-17H2,1H3. The Labute approximate surface area is 157 Å². The van der Waals surface area contributed by atoms with Crippen LogP contribution in [0, 0.1) is 5.92 Å². The molecule has 0 radical (unpaired) electrons. The van der Waals surface area contributed by atoms with Gasteiger partial charge in [0, 0.05) is 31.5 Å². The van der Waals surface area contributed by atoms with Crippen molar-refractivity contribution in [2.24, 2.45) is 5.92 Å². The fourth-order valence-corrected chi connectivity index (χ4v) is 4.47. The van der Waals surface area contributed by atoms with Crippen molar-refractivity contribution in [3.8, 4) is 0 Å². The normalized spacial score (nSPS) is 22.1. The number of ether oxygens (including phenoxy) is 1. The highest BCUT2D eigenvalue weighted by Crippen LogP contribution is 2.27. The molecular weight excluding hydrogens is 326 g/mol. The van der Waals surface area contributed by atoms with Gasteiger partial charge in [0.05, 0.1) is 13.2 Å². The molecule has 5 heteroatoms. The Bertz CT molecular complexity index is 545. The van der Waals surface area contributed by atoms with Crippen LogP contribution in [0.5, 0.6) is 0 Å². The number of aromatic nitrogens is 1. The highest BCUT2D eigenvalue weighted by Gasteiger charge is 2.29. The lowest BCUT2D eigenvalue weighted by atomic mass is 9.90. The van der Waals surface area contributed by atoms with E-state index in [-0.39, 0.29) is 6.09 Å². The summed E-state index contributed by atoms with van der Waals surface area (Å²) in [6.07, 6.45) is 12.7. The van der Waals surface area contributed by atoms with Crippen molar-refractivity contribution >= 4 is 6.09 Å². The number of rotatable bonds is 6. The van der Waals surface area contributed by atoms with E-state index >= 15 is 0 Å². The van der Waals surface area contributed by atoms with E-state index in [1.807, 2.05) is 30.2 Å². The largest absolute Gasteiger partial charge is 0.450 e. The first-order valence-electron chi connectivity index (χ1n) is 10.3. The van der Waals surface area contributed by atoms with Crippen LogP contribution in [0.2, 0.25) is 0 Å². The quantitative estimate of drug-likeness (QED) is 0.768. The molecule has 144 valence electrons. The van der Waals surface area contributed by atoms with Gasteiger partial charge in [-0.3, -0.25) is 4.98 Å². The summed E-state index contributed by atoms with van der Waals surface area (Å²) in [6.45, 7) is 5.98. The van der Waals surface area contributed by atoms with Gasteiger partial charge in [0.25, 0.3) is 0 Å². The van der Waals surface area contributed by atoms with Gasteiger partial charge < -0.3 is 14.5 Å². The van der Waals surface area contributed by atoms with Crippen LogP contribution in [0.25, 0.3) is 0 Å². The molecule has 2 aliphatic rings. The minimum absolute atomic E-state index is 0.203. The molecule has 0 aromatic carbocycles. The van der Waals surface area contributed by atoms with Gasteiger partial charge >= 0.3 is 6.09 Å². The van der Waals surface area contributed by atoms with Crippen LogP contribution in [0.15, 0.2) is 24.5 Å². The Morgan fingerprint density at radius 3 is 2.85 bits per heavy atom. The molecule has 2 fully saturated rings. The van der Waals surface area contributed by atoms with E-state index in [1.165, 1.54) is 51.5 Å². The van der Waals surface area contributed by atoms with Gasteiger partial charge in [-0.25, -0.2) is 4.79 Å². The molecule has 1 atom stereocenters. The first kappa shape index (κ1) is 19.2. The minimum Gasteiger partial charge on any atom is -0.450 e. The van der Waals surface area contributed by atoms with Crippen molar-refractivity contribution in [3.05, 3.63) is 30.1 Å². The molecule has 2 heterocycles. The van der Waals surface area contributed by atoms with Gasteiger partial charge in [-0.2, -0.15) is 0 Å². The summed E-state index contributed by atoms with van der Waals surface area (Å²) in [4.78, 5) is 21.2. The third-order valence-electron chi connectivity index (χ3n) is 5.74. The number of hydrogen-bond donors (Lipinski definition) is 0. The van der Waals surface area contributed by atoms with E-state index in [0.29, 0.717) is 19.1 Å². The molecule has 1 saturated carbocycles. The average Bonchev–Trinajstić information content (AvgIpc) is 2.69. The lowest BCUT2D eigenvalue weighted by Crippen LogP contribution is -2.47. The maximum absolute atomic E-state index is 12.5. The lowest BCUT2D eigenvalue weighted by molar-refractivity contribution is 0.0656. The average molecular weight is 360 g/mol. The zero-order valence-corrected chi connectivity index (χ0v) is 16.1. The van der Waals surface area contributed by atoms with Crippen molar-refractivity contribution in [3.63, 3.8) is 0 Å². The van der Waals surface area contributed by atoms with Crippen molar-refractivity contribution in [1.29, 1.82) is 0 Å². The van der Waals surface area contributed by atoms with E-state index in [4.69, 9.17) is 4.74 Å². The molecule has 1 aromatic heterocycles. The second-order valence-electron chi connectivity index (χ2n) is 7.74. The number of carbonyl (C=O) groups excluding carboxylic acids is 1. The van der Waals surface area contributed by atoms with Crippen LogP contribution in [0.1, 0.15) is 57.4 Å². The molecule has 0 spiro atoms. The molecule has 1 aliphatic carbocycles. The first-order chi connectivity index (χ1) is 12.8. The first-order valence-corrected chi connectivity index (χ1v) is 10.3. The van der Waals surface area contributed by atoms with Crippen molar-refractivity contribution in [2.75, 3.05) is 26.2 Å². The summed E-state index contributed by atoms with van der Waals surface area (Å²) < 4.78 is 5.31. The lowest BCUT2D eigenvalue weighted by Gasteiger charge is -2.41. The number of likely N-dealkylation sites (tertiary alicyclic amines) is 1. The maximum atomic E-state index is 12.5. The molecule has 0 bridgehead atoms. The molecule has 1 saturated heterocycles. The van der Waals surface area contributed by atoms with Crippen LogP contribution in [-0.4, -0.2) is 53.2 Å². The van der Waals surface area contributed by atoms with Crippen LogP contribution >= 0.6 is 0 Å². The van der Waals surface area contributed by atoms with E-state index in [9.17, 15) is 4.79 Å². The van der Waals surface area contributed by atoms with E-state index in [0.717, 1.165) is 24.7 Å². The number of pyridine rings is 1. The molecule has 1 amide bonds. The van der Waals surface area contributed by atoms with E-state index < -0.39 is 0 Å². The van der Waals surface area contributed by atoms with Crippen LogP contribution in [0.3, 0.4) is 0 Å². The number of piperidine rings is 1. The molecule has 1 unspecified atom stereocenters. The summed E-state index contributed by atoms with van der Waals surface area (Å²) in [5.74, 6) is 0.534. The van der Waals surface area contributed by atoms with Crippen molar-refractivity contribution < 1.29 is 9.53 Å². The van der Waals surface area contributed by atoms with Gasteiger partial charge in [0.2, 0.25) is 0 Å². The Hall–Kier alpha value is -1.62. The van der Waals surface area contributed by atoms with Gasteiger partial charge in [-0.1, -0.05) is 25.3 Å². The van der Waals surface area contributed by atoms with Gasteiger partial charge in [-0.05, 0) is 56.7 Å². The fourth-order valence-electron chi connectivity index (χ4n) is 4.47. The number of carbonyl (C=O) groups is 1. The summed E-state index contributed by atoms with van der Waals surface area (Å²) >= 11 is 0. The molecule has 0 N–H and O–H groups in total. The Kier molecular flexibility index (Phi) is 7.30. The zero-order chi connectivity index (χ0) is 18.2. The molecule has 1 aliphatic heterocycles.